The summed E-state index contributed by atoms with van der Waals surface area (Å²) in [5.41, 5.74) is 0. The fraction of sp³-hybridized carbons (Fsp3) is 0.684. The molecule has 0 unspecified atom stereocenters. The molecule has 1 N–H and O–H groups in total. The first kappa shape index (κ1) is 18.0. The Morgan fingerprint density at radius 2 is 2.00 bits per heavy atom. The number of nitrogens with zero attached hydrogens (tertiary/aromatic N) is 3. The normalized spacial score (nSPS) is 21.8. The van der Waals surface area contributed by atoms with Crippen LogP contribution in [0.25, 0.3) is 0 Å². The van der Waals surface area contributed by atoms with Gasteiger partial charge in [-0.3, -0.25) is 0 Å². The molecule has 2 aliphatic heterocycles. The van der Waals surface area contributed by atoms with E-state index in [1.807, 2.05) is 23.2 Å². The van der Waals surface area contributed by atoms with Crippen molar-refractivity contribution in [1.82, 2.24) is 15.2 Å². The Morgan fingerprint density at radius 3 is 2.68 bits per heavy atom. The second-order valence-corrected chi connectivity index (χ2v) is 7.52. The molecule has 2 saturated heterocycles. The summed E-state index contributed by atoms with van der Waals surface area (Å²) in [6.07, 6.45) is 4.83. The predicted molar refractivity (Wildman–Crippen MR) is 98.8 cm³/mol. The van der Waals surface area contributed by atoms with Gasteiger partial charge in [0.15, 0.2) is 0 Å². The highest BCUT2D eigenvalue weighted by atomic mass is 16.6. The molecule has 0 aromatic carbocycles. The molecule has 6 heteroatoms. The number of pyridine rings is 1. The van der Waals surface area contributed by atoms with Gasteiger partial charge in [0, 0.05) is 44.5 Å². The first-order valence-electron chi connectivity index (χ1n) is 9.45. The van der Waals surface area contributed by atoms with Crippen LogP contribution in [0.15, 0.2) is 24.4 Å². The van der Waals surface area contributed by atoms with Crippen molar-refractivity contribution >= 4 is 11.9 Å². The van der Waals surface area contributed by atoms with Crippen LogP contribution in [0.2, 0.25) is 0 Å². The Kier molecular flexibility index (Phi) is 6.13. The van der Waals surface area contributed by atoms with Crippen LogP contribution in [-0.2, 0) is 4.74 Å². The van der Waals surface area contributed by atoms with Crippen molar-refractivity contribution in [3.05, 3.63) is 24.4 Å². The second-order valence-electron chi connectivity index (χ2n) is 7.52. The van der Waals surface area contributed by atoms with Crippen LogP contribution in [0, 0.1) is 5.92 Å². The Hall–Kier alpha value is -1.82. The molecular weight excluding hydrogens is 316 g/mol. The van der Waals surface area contributed by atoms with Crippen LogP contribution in [-0.4, -0.2) is 60.8 Å². The van der Waals surface area contributed by atoms with Crippen molar-refractivity contribution in [1.29, 1.82) is 0 Å². The minimum Gasteiger partial charge on any atom is -0.449 e. The summed E-state index contributed by atoms with van der Waals surface area (Å²) in [6.45, 7) is 8.24. The van der Waals surface area contributed by atoms with Crippen LogP contribution in [0.1, 0.15) is 33.1 Å². The van der Waals surface area contributed by atoms with Gasteiger partial charge in [0.25, 0.3) is 0 Å². The number of hydrogen-bond donors (Lipinski definition) is 1. The van der Waals surface area contributed by atoms with Gasteiger partial charge < -0.3 is 19.9 Å². The monoisotopic (exact) mass is 346 g/mol. The number of carbonyl (C=O) groups excluding carboxylic acids is 1. The lowest BCUT2D eigenvalue weighted by Crippen LogP contribution is -2.48. The minimum atomic E-state index is -0.158. The second kappa shape index (κ2) is 8.52. The lowest BCUT2D eigenvalue weighted by molar-refractivity contribution is 0.0812. The molecule has 1 atom stereocenters. The fourth-order valence-electron chi connectivity index (χ4n) is 3.54. The summed E-state index contributed by atoms with van der Waals surface area (Å²) >= 11 is 0. The first-order valence-corrected chi connectivity index (χ1v) is 9.45. The molecule has 1 aromatic heterocycles. The zero-order chi connectivity index (χ0) is 17.6. The number of ether oxygens (including phenoxy) is 1. The minimum absolute atomic E-state index is 0.158. The number of aromatic nitrogens is 1. The molecule has 1 amide bonds. The van der Waals surface area contributed by atoms with Crippen molar-refractivity contribution in [3.63, 3.8) is 0 Å². The highest BCUT2D eigenvalue weighted by molar-refractivity contribution is 5.67. The quantitative estimate of drug-likeness (QED) is 0.888. The number of piperidine rings is 1. The van der Waals surface area contributed by atoms with Crippen molar-refractivity contribution in [2.45, 2.75) is 45.2 Å². The van der Waals surface area contributed by atoms with Crippen LogP contribution < -0.4 is 10.2 Å². The third-order valence-electron chi connectivity index (χ3n) is 4.93. The van der Waals surface area contributed by atoms with Crippen molar-refractivity contribution in [2.24, 2.45) is 5.92 Å². The summed E-state index contributed by atoms with van der Waals surface area (Å²) < 4.78 is 5.33. The number of rotatable bonds is 5. The van der Waals surface area contributed by atoms with E-state index in [1.165, 1.54) is 0 Å². The van der Waals surface area contributed by atoms with Crippen molar-refractivity contribution in [2.75, 3.05) is 37.7 Å². The lowest BCUT2D eigenvalue weighted by Gasteiger charge is -2.33. The van der Waals surface area contributed by atoms with E-state index in [2.05, 4.69) is 35.1 Å². The summed E-state index contributed by atoms with van der Waals surface area (Å²) in [4.78, 5) is 20.7. The number of hydrogen-bond acceptors (Lipinski definition) is 5. The summed E-state index contributed by atoms with van der Waals surface area (Å²) in [5.74, 6) is 1.45. The molecule has 0 aliphatic carbocycles. The molecule has 0 spiro atoms. The molecule has 138 valence electrons. The van der Waals surface area contributed by atoms with Crippen molar-refractivity contribution in [3.8, 4) is 0 Å². The van der Waals surface area contributed by atoms with Gasteiger partial charge in [-0.15, -0.1) is 0 Å². The average molecular weight is 346 g/mol. The number of carbonyl (C=O) groups is 1. The maximum absolute atomic E-state index is 12.0. The zero-order valence-corrected chi connectivity index (χ0v) is 15.4. The molecular formula is C19H30N4O2. The van der Waals surface area contributed by atoms with E-state index < -0.39 is 0 Å². The summed E-state index contributed by atoms with van der Waals surface area (Å²) in [7, 11) is 0. The van der Waals surface area contributed by atoms with E-state index in [-0.39, 0.29) is 6.09 Å². The molecule has 3 rings (SSSR count). The van der Waals surface area contributed by atoms with E-state index in [9.17, 15) is 4.79 Å². The van der Waals surface area contributed by atoms with E-state index in [0.717, 1.165) is 51.3 Å². The zero-order valence-electron chi connectivity index (χ0n) is 15.4. The largest absolute Gasteiger partial charge is 0.449 e. The molecule has 0 bridgehead atoms. The van der Waals surface area contributed by atoms with Crippen molar-refractivity contribution < 1.29 is 9.53 Å². The van der Waals surface area contributed by atoms with Gasteiger partial charge in [-0.2, -0.15) is 0 Å². The van der Waals surface area contributed by atoms with Gasteiger partial charge in [-0.25, -0.2) is 9.78 Å². The van der Waals surface area contributed by atoms with Gasteiger partial charge in [-0.05, 0) is 37.3 Å². The lowest BCUT2D eigenvalue weighted by atomic mass is 10.0. The molecule has 3 heterocycles. The van der Waals surface area contributed by atoms with Gasteiger partial charge in [-0.1, -0.05) is 19.9 Å². The van der Waals surface area contributed by atoms with Crippen LogP contribution >= 0.6 is 0 Å². The summed E-state index contributed by atoms with van der Waals surface area (Å²) in [6, 6.07) is 7.06. The van der Waals surface area contributed by atoms with E-state index >= 15 is 0 Å². The number of likely N-dealkylation sites (tertiary alicyclic amines) is 1. The number of anilines is 1. The molecule has 0 saturated carbocycles. The van der Waals surface area contributed by atoms with Crippen LogP contribution in [0.3, 0.4) is 0 Å². The maximum Gasteiger partial charge on any atom is 0.409 e. The third kappa shape index (κ3) is 5.08. The van der Waals surface area contributed by atoms with Gasteiger partial charge in [0.1, 0.15) is 5.82 Å². The Bertz CT molecular complexity index is 544. The number of amides is 1. The summed E-state index contributed by atoms with van der Waals surface area (Å²) in [5, 5.41) is 3.78. The van der Waals surface area contributed by atoms with E-state index in [4.69, 9.17) is 4.74 Å². The van der Waals surface area contributed by atoms with Gasteiger partial charge in [0.2, 0.25) is 0 Å². The molecule has 6 nitrogen and oxygen atoms in total. The van der Waals surface area contributed by atoms with Crippen LogP contribution in [0.5, 0.6) is 0 Å². The standard InChI is InChI=1S/C19H30N4O2/c1-15(2)14-25-19(24)22-10-6-16(7-11-22)21-17-8-12-23(13-17)18-5-3-4-9-20-18/h3-5,9,15-17,21H,6-8,10-14H2,1-2H3/t17-/m1/s1. The van der Waals surface area contributed by atoms with E-state index in [1.54, 1.807) is 0 Å². The molecule has 1 aromatic rings. The topological polar surface area (TPSA) is 57.7 Å². The average Bonchev–Trinajstić information content (AvgIpc) is 3.09. The Balaban J connectivity index is 1.39. The van der Waals surface area contributed by atoms with Crippen LogP contribution in [0.4, 0.5) is 10.6 Å². The highest BCUT2D eigenvalue weighted by Crippen LogP contribution is 2.19. The van der Waals surface area contributed by atoms with E-state index in [0.29, 0.717) is 24.6 Å². The SMILES string of the molecule is CC(C)COC(=O)N1CCC(N[C@@H]2CCN(c3ccccn3)C2)CC1. The Labute approximate surface area is 150 Å². The van der Waals surface area contributed by atoms with Gasteiger partial charge >= 0.3 is 6.09 Å². The number of nitrogens with one attached hydrogen (secondary N) is 1. The Morgan fingerprint density at radius 1 is 1.24 bits per heavy atom. The highest BCUT2D eigenvalue weighted by Gasteiger charge is 2.28. The predicted octanol–water partition coefficient (Wildman–Crippen LogP) is 2.51. The molecule has 2 fully saturated rings. The molecule has 0 radical (unpaired) electrons. The first-order chi connectivity index (χ1) is 12.1. The third-order valence-corrected chi connectivity index (χ3v) is 4.93. The molecule has 2 aliphatic rings. The maximum atomic E-state index is 12.0. The smallest absolute Gasteiger partial charge is 0.409 e. The fourth-order valence-corrected chi connectivity index (χ4v) is 3.54. The molecule has 25 heavy (non-hydrogen) atoms. The van der Waals surface area contributed by atoms with Gasteiger partial charge in [0.05, 0.1) is 6.61 Å².